The Hall–Kier alpha value is -4.51. The van der Waals surface area contributed by atoms with Crippen LogP contribution in [0.15, 0.2) is 97.1 Å². The molecule has 5 heteroatoms. The third kappa shape index (κ3) is 3.14. The number of hydrogen-bond acceptors (Lipinski definition) is 3. The Kier molecular flexibility index (Phi) is 5.08. The van der Waals surface area contributed by atoms with Gasteiger partial charge in [0.25, 0.3) is 5.91 Å². The molecule has 5 nitrogen and oxygen atoms in total. The van der Waals surface area contributed by atoms with E-state index in [2.05, 4.69) is 29.6 Å². The van der Waals surface area contributed by atoms with Crippen LogP contribution in [0.3, 0.4) is 0 Å². The van der Waals surface area contributed by atoms with E-state index >= 15 is 0 Å². The second kappa shape index (κ2) is 8.52. The number of amides is 3. The van der Waals surface area contributed by atoms with Gasteiger partial charge in [-0.2, -0.15) is 0 Å². The molecule has 1 N–H and O–H groups in total. The van der Waals surface area contributed by atoms with Gasteiger partial charge in [0.2, 0.25) is 11.8 Å². The molecule has 0 saturated carbocycles. The van der Waals surface area contributed by atoms with Gasteiger partial charge in [-0.3, -0.25) is 14.4 Å². The summed E-state index contributed by atoms with van der Waals surface area (Å²) in [5.41, 5.74) is 7.43. The van der Waals surface area contributed by atoms with Gasteiger partial charge in [0.05, 0.1) is 17.5 Å². The number of nitrogens with one attached hydrogen (secondary N) is 1. The van der Waals surface area contributed by atoms with Gasteiger partial charge in [0, 0.05) is 23.1 Å². The topological polar surface area (TPSA) is 66.5 Å². The fourth-order valence-corrected chi connectivity index (χ4v) is 6.84. The molecule has 0 unspecified atom stereocenters. The van der Waals surface area contributed by atoms with Crippen molar-refractivity contribution in [1.29, 1.82) is 0 Å². The lowest BCUT2D eigenvalue weighted by Crippen LogP contribution is -2.41. The highest BCUT2D eigenvalue weighted by molar-refractivity contribution is 6.23. The van der Waals surface area contributed by atoms with Gasteiger partial charge in [0.15, 0.2) is 0 Å². The summed E-state index contributed by atoms with van der Waals surface area (Å²) in [5, 5.41) is 2.98. The second-order valence-corrected chi connectivity index (χ2v) is 10.3. The summed E-state index contributed by atoms with van der Waals surface area (Å²) in [7, 11) is 0. The number of carbonyl (C=O) groups is 3. The molecule has 2 bridgehead atoms. The summed E-state index contributed by atoms with van der Waals surface area (Å²) in [4.78, 5) is 42.1. The zero-order chi connectivity index (χ0) is 26.0. The number of para-hydroxylation sites is 1. The average Bonchev–Trinajstić information content (AvgIpc) is 3.23. The number of hydrogen-bond donors (Lipinski definition) is 1. The summed E-state index contributed by atoms with van der Waals surface area (Å²) >= 11 is 0. The Balaban J connectivity index is 1.21. The first-order valence-electron chi connectivity index (χ1n) is 13.1. The third-order valence-electron chi connectivity index (χ3n) is 8.48. The fourth-order valence-electron chi connectivity index (χ4n) is 6.84. The number of carbonyl (C=O) groups excluding carboxylic acids is 3. The molecule has 38 heavy (non-hydrogen) atoms. The molecule has 186 valence electrons. The van der Waals surface area contributed by atoms with Gasteiger partial charge in [-0.25, -0.2) is 4.90 Å². The molecule has 1 fully saturated rings. The van der Waals surface area contributed by atoms with Crippen LogP contribution in [0.2, 0.25) is 0 Å². The smallest absolute Gasteiger partial charge is 0.255 e. The number of aryl methyl sites for hydroxylation is 1. The van der Waals surface area contributed by atoms with Crippen molar-refractivity contribution in [3.8, 4) is 0 Å². The molecule has 8 rings (SSSR count). The Morgan fingerprint density at radius 3 is 1.66 bits per heavy atom. The first kappa shape index (κ1) is 22.7. The van der Waals surface area contributed by atoms with Crippen molar-refractivity contribution in [2.75, 3.05) is 10.2 Å². The highest BCUT2D eigenvalue weighted by atomic mass is 16.2. The largest absolute Gasteiger partial charge is 0.322 e. The highest BCUT2D eigenvalue weighted by Crippen LogP contribution is 2.61. The van der Waals surface area contributed by atoms with E-state index in [9.17, 15) is 14.4 Å². The van der Waals surface area contributed by atoms with Gasteiger partial charge in [-0.1, -0.05) is 73.7 Å². The highest BCUT2D eigenvalue weighted by Gasteiger charge is 2.61. The van der Waals surface area contributed by atoms with Gasteiger partial charge in [-0.15, -0.1) is 0 Å². The first-order valence-corrected chi connectivity index (χ1v) is 13.1. The summed E-state index contributed by atoms with van der Waals surface area (Å²) in [6.45, 7) is 2.05. The summed E-state index contributed by atoms with van der Waals surface area (Å²) < 4.78 is 0. The summed E-state index contributed by atoms with van der Waals surface area (Å²) in [6, 6.07) is 31.0. The van der Waals surface area contributed by atoms with Crippen LogP contribution in [0.25, 0.3) is 0 Å². The lowest BCUT2D eigenvalue weighted by atomic mass is 9.55. The van der Waals surface area contributed by atoms with Gasteiger partial charge in [-0.05, 0) is 64.6 Å². The molecular weight excluding hydrogens is 472 g/mol. The molecule has 0 spiro atoms. The summed E-state index contributed by atoms with van der Waals surface area (Å²) in [6.07, 6.45) is 0.812. The average molecular weight is 499 g/mol. The zero-order valence-corrected chi connectivity index (χ0v) is 20.9. The Morgan fingerprint density at radius 2 is 1.16 bits per heavy atom. The molecule has 4 aliphatic rings. The molecule has 1 aliphatic heterocycles. The molecule has 1 heterocycles. The normalized spacial score (nSPS) is 22.6. The minimum Gasteiger partial charge on any atom is -0.322 e. The fraction of sp³-hybridized carbons (Fsp3) is 0.182. The van der Waals surface area contributed by atoms with Crippen LogP contribution in [0, 0.1) is 11.8 Å². The Morgan fingerprint density at radius 1 is 0.684 bits per heavy atom. The van der Waals surface area contributed by atoms with Gasteiger partial charge < -0.3 is 5.32 Å². The van der Waals surface area contributed by atoms with E-state index in [1.807, 2.05) is 55.5 Å². The van der Waals surface area contributed by atoms with E-state index < -0.39 is 11.8 Å². The second-order valence-electron chi connectivity index (χ2n) is 10.3. The number of rotatable bonds is 4. The lowest BCUT2D eigenvalue weighted by molar-refractivity contribution is -0.122. The van der Waals surface area contributed by atoms with Crippen molar-refractivity contribution in [2.24, 2.45) is 11.8 Å². The quantitative estimate of drug-likeness (QED) is 0.357. The standard InChI is InChI=1S/C33H26N2O3/c1-2-19-9-3-8-14-26(19)34-31(36)20-15-17-21(18-16-20)35-32(37)29-27-22-10-4-5-11-23(22)28(30(29)33(35)38)25-13-7-6-12-24(25)27/h3-18,27-30H,2H2,1H3,(H,34,36)/t27?,28?,29-,30-/m1/s1. The minimum atomic E-state index is -0.425. The van der Waals surface area contributed by atoms with E-state index in [0.717, 1.165) is 39.9 Å². The molecule has 3 aliphatic carbocycles. The van der Waals surface area contributed by atoms with Crippen LogP contribution < -0.4 is 10.2 Å². The van der Waals surface area contributed by atoms with Crippen molar-refractivity contribution >= 4 is 29.1 Å². The maximum Gasteiger partial charge on any atom is 0.255 e. The summed E-state index contributed by atoms with van der Waals surface area (Å²) in [5.74, 6) is -1.67. The molecule has 3 amide bonds. The predicted octanol–water partition coefficient (Wildman–Crippen LogP) is 5.90. The van der Waals surface area contributed by atoms with Crippen molar-refractivity contribution < 1.29 is 14.4 Å². The molecule has 1 saturated heterocycles. The number of nitrogens with zero attached hydrogens (tertiary/aromatic N) is 1. The monoisotopic (exact) mass is 498 g/mol. The number of imide groups is 1. The van der Waals surface area contributed by atoms with Crippen LogP contribution in [-0.2, 0) is 16.0 Å². The van der Waals surface area contributed by atoms with E-state index in [1.165, 1.54) is 4.90 Å². The van der Waals surface area contributed by atoms with E-state index in [4.69, 9.17) is 0 Å². The van der Waals surface area contributed by atoms with Crippen molar-refractivity contribution in [3.63, 3.8) is 0 Å². The first-order chi connectivity index (χ1) is 18.6. The van der Waals surface area contributed by atoms with Crippen LogP contribution in [0.1, 0.15) is 56.9 Å². The van der Waals surface area contributed by atoms with Crippen molar-refractivity contribution in [1.82, 2.24) is 0 Å². The molecular formula is C33H26N2O3. The molecule has 2 atom stereocenters. The Bertz CT molecular complexity index is 1510. The SMILES string of the molecule is CCc1ccccc1NC(=O)c1ccc(N2C(=O)[C@@H]3C4c5ccccc5C(c5ccccc54)[C@H]3C2=O)cc1. The predicted molar refractivity (Wildman–Crippen MR) is 146 cm³/mol. The maximum absolute atomic E-state index is 13.9. The van der Waals surface area contributed by atoms with E-state index in [-0.39, 0.29) is 29.6 Å². The zero-order valence-electron chi connectivity index (χ0n) is 20.9. The van der Waals surface area contributed by atoms with Crippen LogP contribution >= 0.6 is 0 Å². The van der Waals surface area contributed by atoms with Crippen LogP contribution in [0.5, 0.6) is 0 Å². The molecule has 0 aromatic heterocycles. The van der Waals surface area contributed by atoms with Crippen LogP contribution in [0.4, 0.5) is 11.4 Å². The maximum atomic E-state index is 13.9. The van der Waals surface area contributed by atoms with E-state index in [0.29, 0.717) is 11.3 Å². The molecule has 0 radical (unpaired) electrons. The number of benzene rings is 4. The minimum absolute atomic E-state index is 0.137. The molecule has 4 aromatic rings. The third-order valence-corrected chi connectivity index (χ3v) is 8.48. The van der Waals surface area contributed by atoms with Crippen molar-refractivity contribution in [3.05, 3.63) is 130 Å². The van der Waals surface area contributed by atoms with Crippen LogP contribution in [-0.4, -0.2) is 17.7 Å². The van der Waals surface area contributed by atoms with Gasteiger partial charge >= 0.3 is 0 Å². The van der Waals surface area contributed by atoms with E-state index in [1.54, 1.807) is 24.3 Å². The lowest BCUT2D eigenvalue weighted by Gasteiger charge is -2.45. The Labute approximate surface area is 221 Å². The number of anilines is 2. The molecule has 4 aromatic carbocycles. The van der Waals surface area contributed by atoms with Gasteiger partial charge in [0.1, 0.15) is 0 Å². The van der Waals surface area contributed by atoms with Crippen molar-refractivity contribution in [2.45, 2.75) is 25.2 Å².